The van der Waals surface area contributed by atoms with Crippen molar-refractivity contribution in [3.63, 3.8) is 0 Å². The number of aromatic amines is 1. The molecule has 27 heavy (non-hydrogen) atoms. The van der Waals surface area contributed by atoms with Gasteiger partial charge in [-0.2, -0.15) is 18.2 Å². The molecule has 0 aliphatic carbocycles. The van der Waals surface area contributed by atoms with E-state index in [1.54, 1.807) is 12.1 Å². The van der Waals surface area contributed by atoms with Crippen LogP contribution in [-0.4, -0.2) is 26.6 Å². The summed E-state index contributed by atoms with van der Waals surface area (Å²) in [5.41, 5.74) is -1.55. The van der Waals surface area contributed by atoms with Crippen molar-refractivity contribution in [3.05, 3.63) is 57.5 Å². The number of hydrogen-bond acceptors (Lipinski definition) is 4. The minimum atomic E-state index is -4.67. The first-order chi connectivity index (χ1) is 12.8. The Morgan fingerprint density at radius 2 is 1.89 bits per heavy atom. The van der Waals surface area contributed by atoms with Gasteiger partial charge in [0.1, 0.15) is 11.3 Å². The molecule has 0 spiro atoms. The van der Waals surface area contributed by atoms with Gasteiger partial charge in [0.05, 0.1) is 23.3 Å². The maximum atomic E-state index is 13.2. The molecule has 1 N–H and O–H groups in total. The highest BCUT2D eigenvalue weighted by molar-refractivity contribution is 6.32. The molecule has 1 aromatic carbocycles. The molecule has 138 valence electrons. The molecule has 10 heteroatoms. The van der Waals surface area contributed by atoms with E-state index in [-0.39, 0.29) is 38.8 Å². The Hall–Kier alpha value is -3.07. The fourth-order valence-electron chi connectivity index (χ4n) is 2.83. The quantitative estimate of drug-likeness (QED) is 0.559. The molecule has 0 saturated heterocycles. The lowest BCUT2D eigenvalue weighted by Crippen LogP contribution is -2.21. The molecule has 0 saturated carbocycles. The van der Waals surface area contributed by atoms with Gasteiger partial charge in [-0.05, 0) is 24.3 Å². The van der Waals surface area contributed by atoms with Crippen LogP contribution in [0.15, 0.2) is 41.2 Å². The van der Waals surface area contributed by atoms with Crippen molar-refractivity contribution in [3.8, 4) is 11.7 Å². The second-order valence-electron chi connectivity index (χ2n) is 5.63. The molecule has 0 amide bonds. The number of para-hydroxylation sites is 1. The zero-order valence-corrected chi connectivity index (χ0v) is 14.4. The number of halogens is 4. The number of H-pyrrole nitrogens is 1. The highest BCUT2D eigenvalue weighted by Gasteiger charge is 2.33. The summed E-state index contributed by atoms with van der Waals surface area (Å²) in [7, 11) is 1.35. The number of benzene rings is 1. The Labute approximate surface area is 154 Å². The van der Waals surface area contributed by atoms with Crippen molar-refractivity contribution in [2.75, 3.05) is 7.11 Å². The van der Waals surface area contributed by atoms with Crippen LogP contribution >= 0.6 is 11.6 Å². The van der Waals surface area contributed by atoms with E-state index in [4.69, 9.17) is 16.3 Å². The molecule has 0 aliphatic rings. The number of methoxy groups -OCH3 is 1. The van der Waals surface area contributed by atoms with Crippen molar-refractivity contribution in [2.45, 2.75) is 6.18 Å². The molecule has 0 aliphatic heterocycles. The van der Waals surface area contributed by atoms with Gasteiger partial charge in [0, 0.05) is 5.39 Å². The van der Waals surface area contributed by atoms with Crippen LogP contribution in [-0.2, 0) is 6.18 Å². The lowest BCUT2D eigenvalue weighted by molar-refractivity contribution is -0.141. The minimum Gasteiger partial charge on any atom is -0.468 e. The molecule has 0 radical (unpaired) electrons. The Morgan fingerprint density at radius 1 is 1.15 bits per heavy atom. The number of rotatable bonds is 2. The first-order valence-electron chi connectivity index (χ1n) is 7.63. The Balaban J connectivity index is 2.23. The number of alkyl halides is 3. The van der Waals surface area contributed by atoms with E-state index < -0.39 is 17.4 Å². The summed E-state index contributed by atoms with van der Waals surface area (Å²) in [5.74, 6) is 0. The summed E-state index contributed by atoms with van der Waals surface area (Å²) in [5, 5.41) is 0.454. The molecule has 4 rings (SSSR count). The van der Waals surface area contributed by atoms with Crippen LogP contribution < -0.4 is 10.3 Å². The SMILES string of the molecule is COc1nc2c(=O)n(-c3ccccc3Cl)c3nc(C(F)(F)F)ccc3c2[nH]1. The van der Waals surface area contributed by atoms with Crippen LogP contribution in [0.4, 0.5) is 13.2 Å². The zero-order valence-electron chi connectivity index (χ0n) is 13.6. The number of nitrogens with one attached hydrogen (secondary N) is 1. The molecule has 0 unspecified atom stereocenters. The smallest absolute Gasteiger partial charge is 0.433 e. The predicted molar refractivity (Wildman–Crippen MR) is 93.6 cm³/mol. The van der Waals surface area contributed by atoms with Gasteiger partial charge < -0.3 is 9.72 Å². The third kappa shape index (κ3) is 2.71. The highest BCUT2D eigenvalue weighted by atomic mass is 35.5. The summed E-state index contributed by atoms with van der Waals surface area (Å²) in [6.45, 7) is 0. The molecule has 6 nitrogen and oxygen atoms in total. The topological polar surface area (TPSA) is 72.8 Å². The standard InChI is InChI=1S/C17H10ClF3N4O2/c1-27-16-23-12-8-6-7-11(17(19,20)21)22-14(8)25(15(26)13(12)24-16)10-5-3-2-4-9(10)18/h2-7H,1H3,(H,23,24). The normalized spacial score (nSPS) is 12.0. The van der Waals surface area contributed by atoms with Gasteiger partial charge in [-0.25, -0.2) is 4.98 Å². The fraction of sp³-hybridized carbons (Fsp3) is 0.118. The highest BCUT2D eigenvalue weighted by Crippen LogP contribution is 2.32. The van der Waals surface area contributed by atoms with Crippen molar-refractivity contribution in [1.29, 1.82) is 0 Å². The van der Waals surface area contributed by atoms with Crippen molar-refractivity contribution >= 4 is 33.7 Å². The van der Waals surface area contributed by atoms with E-state index in [2.05, 4.69) is 15.0 Å². The van der Waals surface area contributed by atoms with Crippen LogP contribution in [0.2, 0.25) is 5.02 Å². The second-order valence-corrected chi connectivity index (χ2v) is 6.03. The van der Waals surface area contributed by atoms with Crippen LogP contribution in [0.3, 0.4) is 0 Å². The molecule has 3 heterocycles. The third-order valence-electron chi connectivity index (χ3n) is 4.02. The fourth-order valence-corrected chi connectivity index (χ4v) is 3.05. The number of pyridine rings is 2. The summed E-state index contributed by atoms with van der Waals surface area (Å²) >= 11 is 6.18. The average Bonchev–Trinajstić information content (AvgIpc) is 3.07. The first-order valence-corrected chi connectivity index (χ1v) is 8.00. The predicted octanol–water partition coefficient (Wildman–Crippen LogP) is 3.94. The molecular formula is C17H10ClF3N4O2. The number of nitrogens with zero attached hydrogens (tertiary/aromatic N) is 3. The van der Waals surface area contributed by atoms with Gasteiger partial charge >= 0.3 is 6.18 Å². The summed E-state index contributed by atoms with van der Waals surface area (Å²) < 4.78 is 45.6. The number of hydrogen-bond donors (Lipinski definition) is 1. The second kappa shape index (κ2) is 5.98. The van der Waals surface area contributed by atoms with Gasteiger partial charge in [-0.3, -0.25) is 9.36 Å². The molecular weight excluding hydrogens is 385 g/mol. The molecule has 3 aromatic heterocycles. The minimum absolute atomic E-state index is 0.000767. The van der Waals surface area contributed by atoms with Crippen LogP contribution in [0.1, 0.15) is 5.69 Å². The molecule has 4 aromatic rings. The van der Waals surface area contributed by atoms with Crippen LogP contribution in [0, 0.1) is 0 Å². The number of aromatic nitrogens is 4. The Morgan fingerprint density at radius 3 is 2.56 bits per heavy atom. The van der Waals surface area contributed by atoms with Crippen LogP contribution in [0.5, 0.6) is 6.01 Å². The van der Waals surface area contributed by atoms with E-state index in [0.29, 0.717) is 0 Å². The lowest BCUT2D eigenvalue weighted by atomic mass is 10.2. The van der Waals surface area contributed by atoms with E-state index >= 15 is 0 Å². The maximum absolute atomic E-state index is 13.2. The molecule has 0 fully saturated rings. The van der Waals surface area contributed by atoms with E-state index in [9.17, 15) is 18.0 Å². The average molecular weight is 395 g/mol. The Kier molecular flexibility index (Phi) is 3.84. The summed E-state index contributed by atoms with van der Waals surface area (Å²) in [4.78, 5) is 23.6. The van der Waals surface area contributed by atoms with E-state index in [1.165, 1.54) is 25.3 Å². The molecule has 0 bridgehead atoms. The van der Waals surface area contributed by atoms with Crippen molar-refractivity contribution in [2.24, 2.45) is 0 Å². The van der Waals surface area contributed by atoms with Gasteiger partial charge in [-0.15, -0.1) is 0 Å². The summed E-state index contributed by atoms with van der Waals surface area (Å²) in [6, 6.07) is 8.43. The first kappa shape index (κ1) is 17.3. The van der Waals surface area contributed by atoms with Gasteiger partial charge in [0.2, 0.25) is 0 Å². The van der Waals surface area contributed by atoms with E-state index in [1.807, 2.05) is 0 Å². The van der Waals surface area contributed by atoms with Gasteiger partial charge in [-0.1, -0.05) is 23.7 Å². The maximum Gasteiger partial charge on any atom is 0.433 e. The summed E-state index contributed by atoms with van der Waals surface area (Å²) in [6.07, 6.45) is -4.67. The third-order valence-corrected chi connectivity index (χ3v) is 4.34. The monoisotopic (exact) mass is 394 g/mol. The Bertz CT molecular complexity index is 1250. The molecule has 0 atom stereocenters. The zero-order chi connectivity index (χ0) is 19.3. The number of fused-ring (bicyclic) bond motifs is 3. The number of imidazole rings is 1. The number of ether oxygens (including phenoxy) is 1. The van der Waals surface area contributed by atoms with E-state index in [0.717, 1.165) is 10.6 Å². The van der Waals surface area contributed by atoms with Crippen molar-refractivity contribution in [1.82, 2.24) is 19.5 Å². The van der Waals surface area contributed by atoms with Gasteiger partial charge in [0.15, 0.2) is 5.52 Å². The lowest BCUT2D eigenvalue weighted by Gasteiger charge is -2.13. The van der Waals surface area contributed by atoms with Crippen LogP contribution in [0.25, 0.3) is 27.8 Å². The van der Waals surface area contributed by atoms with Crippen molar-refractivity contribution < 1.29 is 17.9 Å². The largest absolute Gasteiger partial charge is 0.468 e. The van der Waals surface area contributed by atoms with Gasteiger partial charge in [0.25, 0.3) is 11.6 Å².